The summed E-state index contributed by atoms with van der Waals surface area (Å²) < 4.78 is 0. The Bertz CT molecular complexity index is 1080. The van der Waals surface area contributed by atoms with Crippen LogP contribution in [-0.2, 0) is 29.3 Å². The Morgan fingerprint density at radius 1 is 0.939 bits per heavy atom. The van der Waals surface area contributed by atoms with Crippen LogP contribution in [0.1, 0.15) is 39.9 Å². The number of nitrogens with zero attached hydrogens (tertiary/aromatic N) is 3. The third-order valence-electron chi connectivity index (χ3n) is 6.86. The predicted octanol–water partition coefficient (Wildman–Crippen LogP) is 1.26. The molecule has 8 nitrogen and oxygen atoms in total. The van der Waals surface area contributed by atoms with Gasteiger partial charge in [-0.3, -0.25) is 24.6 Å². The average Bonchev–Trinajstić information content (AvgIpc) is 3.15. The summed E-state index contributed by atoms with van der Waals surface area (Å²) in [5.41, 5.74) is 4.85. The molecule has 33 heavy (non-hydrogen) atoms. The first-order valence-corrected chi connectivity index (χ1v) is 11.5. The van der Waals surface area contributed by atoms with Gasteiger partial charge >= 0.3 is 0 Å². The molecule has 2 fully saturated rings. The van der Waals surface area contributed by atoms with Gasteiger partial charge in [-0.25, -0.2) is 0 Å². The first-order chi connectivity index (χ1) is 16.0. The molecule has 0 bridgehead atoms. The van der Waals surface area contributed by atoms with Gasteiger partial charge in [0, 0.05) is 56.9 Å². The SMILES string of the molecule is O=C1CCC(N2Cc3cc(N4CCN(Cc5ccc(CO)cc5)CC4)ccc3C2=O)C(=O)N1. The van der Waals surface area contributed by atoms with Crippen LogP contribution in [0, 0.1) is 0 Å². The van der Waals surface area contributed by atoms with Gasteiger partial charge in [0.05, 0.1) is 6.61 Å². The fraction of sp³-hybridized carbons (Fsp3) is 0.400. The molecule has 0 aromatic heterocycles. The van der Waals surface area contributed by atoms with E-state index >= 15 is 0 Å². The van der Waals surface area contributed by atoms with E-state index in [9.17, 15) is 19.5 Å². The topological polar surface area (TPSA) is 93.2 Å². The number of nitrogens with one attached hydrogen (secondary N) is 1. The van der Waals surface area contributed by atoms with E-state index in [0.29, 0.717) is 18.5 Å². The van der Waals surface area contributed by atoms with Crippen LogP contribution in [-0.4, -0.2) is 64.8 Å². The molecule has 8 heteroatoms. The molecule has 0 aliphatic carbocycles. The second-order valence-corrected chi connectivity index (χ2v) is 8.98. The third-order valence-corrected chi connectivity index (χ3v) is 6.86. The number of carbonyl (C=O) groups excluding carboxylic acids is 3. The molecule has 2 N–H and O–H groups in total. The van der Waals surface area contributed by atoms with E-state index in [1.807, 2.05) is 24.3 Å². The van der Waals surface area contributed by atoms with Gasteiger partial charge in [-0.1, -0.05) is 24.3 Å². The van der Waals surface area contributed by atoms with Crippen LogP contribution >= 0.6 is 0 Å². The molecule has 5 rings (SSSR count). The van der Waals surface area contributed by atoms with E-state index < -0.39 is 6.04 Å². The molecule has 2 saturated heterocycles. The van der Waals surface area contributed by atoms with Gasteiger partial charge < -0.3 is 14.9 Å². The second kappa shape index (κ2) is 8.96. The Balaban J connectivity index is 1.21. The first kappa shape index (κ1) is 21.6. The second-order valence-electron chi connectivity index (χ2n) is 8.98. The minimum atomic E-state index is -0.582. The standard InChI is InChI=1S/C25H28N4O4/c30-16-18-3-1-17(2-4-18)14-27-9-11-28(12-10-27)20-5-6-21-19(13-20)15-29(25(21)33)22-7-8-23(31)26-24(22)32/h1-6,13,22,30H,7-12,14-16H2,(H,26,31,32). The number of piperidine rings is 1. The van der Waals surface area contributed by atoms with E-state index in [0.717, 1.165) is 49.5 Å². The molecule has 2 aromatic carbocycles. The molecule has 0 saturated carbocycles. The Morgan fingerprint density at radius 3 is 2.36 bits per heavy atom. The van der Waals surface area contributed by atoms with Crippen LogP contribution in [0.25, 0.3) is 0 Å². The summed E-state index contributed by atoms with van der Waals surface area (Å²) in [7, 11) is 0. The summed E-state index contributed by atoms with van der Waals surface area (Å²) in [4.78, 5) is 42.9. The lowest BCUT2D eigenvalue weighted by Gasteiger charge is -2.36. The third kappa shape index (κ3) is 4.36. The van der Waals surface area contributed by atoms with Gasteiger partial charge in [0.15, 0.2) is 0 Å². The van der Waals surface area contributed by atoms with Crippen molar-refractivity contribution in [2.24, 2.45) is 0 Å². The van der Waals surface area contributed by atoms with Crippen LogP contribution < -0.4 is 10.2 Å². The minimum absolute atomic E-state index is 0.0661. The zero-order chi connectivity index (χ0) is 22.9. The highest BCUT2D eigenvalue weighted by Gasteiger charge is 2.39. The molecule has 3 amide bonds. The summed E-state index contributed by atoms with van der Waals surface area (Å²) in [5, 5.41) is 11.5. The van der Waals surface area contributed by atoms with E-state index in [1.165, 1.54) is 5.56 Å². The maximum absolute atomic E-state index is 12.9. The molecule has 2 aromatic rings. The summed E-state index contributed by atoms with van der Waals surface area (Å²) in [6, 6.07) is 13.4. The molecule has 172 valence electrons. The summed E-state index contributed by atoms with van der Waals surface area (Å²) in [5.74, 6) is -0.790. The van der Waals surface area contributed by atoms with Gasteiger partial charge in [-0.05, 0) is 41.3 Å². The van der Waals surface area contributed by atoms with Gasteiger partial charge in [0.2, 0.25) is 11.8 Å². The summed E-state index contributed by atoms with van der Waals surface area (Å²) in [6.45, 7) is 5.05. The highest BCUT2D eigenvalue weighted by Crippen LogP contribution is 2.31. The van der Waals surface area contributed by atoms with E-state index in [2.05, 4.69) is 33.3 Å². The Kier molecular flexibility index (Phi) is 5.86. The maximum Gasteiger partial charge on any atom is 0.255 e. The van der Waals surface area contributed by atoms with Crippen LogP contribution in [0.3, 0.4) is 0 Å². The maximum atomic E-state index is 12.9. The van der Waals surface area contributed by atoms with E-state index in [4.69, 9.17) is 0 Å². The quantitative estimate of drug-likeness (QED) is 0.669. The molecule has 1 unspecified atom stereocenters. The number of hydrogen-bond donors (Lipinski definition) is 2. The van der Waals surface area contributed by atoms with Crippen molar-refractivity contribution in [3.8, 4) is 0 Å². The number of aliphatic hydroxyl groups is 1. The van der Waals surface area contributed by atoms with Crippen molar-refractivity contribution in [3.05, 3.63) is 64.7 Å². The molecular weight excluding hydrogens is 420 g/mol. The largest absolute Gasteiger partial charge is 0.392 e. The smallest absolute Gasteiger partial charge is 0.255 e. The van der Waals surface area contributed by atoms with Gasteiger partial charge in [0.25, 0.3) is 5.91 Å². The number of piperazine rings is 1. The van der Waals surface area contributed by atoms with Gasteiger partial charge in [-0.15, -0.1) is 0 Å². The van der Waals surface area contributed by atoms with Crippen LogP contribution in [0.5, 0.6) is 0 Å². The van der Waals surface area contributed by atoms with Crippen molar-refractivity contribution < 1.29 is 19.5 Å². The Hall–Kier alpha value is -3.23. The number of aliphatic hydroxyl groups excluding tert-OH is 1. The number of carbonyl (C=O) groups is 3. The van der Waals surface area contributed by atoms with Crippen molar-refractivity contribution in [2.75, 3.05) is 31.1 Å². The highest BCUT2D eigenvalue weighted by molar-refractivity contribution is 6.05. The number of fused-ring (bicyclic) bond motifs is 1. The summed E-state index contributed by atoms with van der Waals surface area (Å²) in [6.07, 6.45) is 0.638. The van der Waals surface area contributed by atoms with Crippen LogP contribution in [0.4, 0.5) is 5.69 Å². The van der Waals surface area contributed by atoms with Crippen molar-refractivity contribution in [2.45, 2.75) is 38.6 Å². The number of amides is 3. The fourth-order valence-corrected chi connectivity index (χ4v) is 4.93. The lowest BCUT2D eigenvalue weighted by atomic mass is 10.0. The summed E-state index contributed by atoms with van der Waals surface area (Å²) >= 11 is 0. The van der Waals surface area contributed by atoms with Crippen molar-refractivity contribution in [1.82, 2.24) is 15.1 Å². The normalized spacial score (nSPS) is 21.4. The number of imide groups is 1. The molecule has 3 heterocycles. The minimum Gasteiger partial charge on any atom is -0.392 e. The fourth-order valence-electron chi connectivity index (χ4n) is 4.93. The van der Waals surface area contributed by atoms with Crippen molar-refractivity contribution >= 4 is 23.4 Å². The lowest BCUT2D eigenvalue weighted by Crippen LogP contribution is -2.52. The van der Waals surface area contributed by atoms with Crippen molar-refractivity contribution in [3.63, 3.8) is 0 Å². The van der Waals surface area contributed by atoms with Gasteiger partial charge in [-0.2, -0.15) is 0 Å². The van der Waals surface area contributed by atoms with E-state index in [-0.39, 0.29) is 30.7 Å². The molecule has 3 aliphatic rings. The molecule has 0 radical (unpaired) electrons. The van der Waals surface area contributed by atoms with Crippen LogP contribution in [0.15, 0.2) is 42.5 Å². The highest BCUT2D eigenvalue weighted by atomic mass is 16.3. The lowest BCUT2D eigenvalue weighted by molar-refractivity contribution is -0.136. The van der Waals surface area contributed by atoms with Crippen LogP contribution in [0.2, 0.25) is 0 Å². The van der Waals surface area contributed by atoms with Crippen molar-refractivity contribution in [1.29, 1.82) is 0 Å². The Morgan fingerprint density at radius 2 is 1.67 bits per heavy atom. The number of rotatable bonds is 5. The predicted molar refractivity (Wildman–Crippen MR) is 122 cm³/mol. The molecule has 1 atom stereocenters. The Labute approximate surface area is 192 Å². The number of benzene rings is 2. The van der Waals surface area contributed by atoms with E-state index in [1.54, 1.807) is 4.90 Å². The monoisotopic (exact) mass is 448 g/mol. The number of anilines is 1. The number of hydrogen-bond acceptors (Lipinski definition) is 6. The average molecular weight is 449 g/mol. The molecule has 0 spiro atoms. The first-order valence-electron chi connectivity index (χ1n) is 11.5. The van der Waals surface area contributed by atoms with Gasteiger partial charge in [0.1, 0.15) is 6.04 Å². The zero-order valence-corrected chi connectivity index (χ0v) is 18.5. The molecular formula is C25H28N4O4. The zero-order valence-electron chi connectivity index (χ0n) is 18.5. The molecule has 3 aliphatic heterocycles.